The lowest BCUT2D eigenvalue weighted by Crippen LogP contribution is -2.11. The molecule has 0 fully saturated rings. The van der Waals surface area contributed by atoms with Gasteiger partial charge in [-0.2, -0.15) is 45.9 Å². The van der Waals surface area contributed by atoms with Gasteiger partial charge in [0.1, 0.15) is 114 Å². The number of carbonyl (C=O) groups is 2. The van der Waals surface area contributed by atoms with Crippen molar-refractivity contribution in [3.05, 3.63) is 357 Å². The fourth-order valence-corrected chi connectivity index (χ4v) is 15.4. The first kappa shape index (κ1) is 95.7. The maximum absolute atomic E-state index is 12.8. The number of nitrogens with zero attached hydrogens (tertiary/aromatic N) is 33. The summed E-state index contributed by atoms with van der Waals surface area (Å²) in [5.41, 5.74) is 64.2. The number of hydrogen-bond acceptors (Lipinski definition) is 36. The number of ether oxygens (including phenoxy) is 1. The Kier molecular flexibility index (Phi) is 27.5. The third-order valence-electron chi connectivity index (χ3n) is 21.8. The Labute approximate surface area is 844 Å². The number of carbonyl (C=O) groups excluding carboxylic acids is 1. The highest BCUT2D eigenvalue weighted by molar-refractivity contribution is 6.35. The Balaban J connectivity index is 0.000000107. The lowest BCUT2D eigenvalue weighted by Gasteiger charge is -2.07. The molecule has 17 aromatic heterocycles. The van der Waals surface area contributed by atoms with E-state index in [2.05, 4.69) is 131 Å². The Morgan fingerprint density at radius 3 is 0.905 bits per heavy atom. The first-order valence-electron chi connectivity index (χ1n) is 43.6. The number of para-hydroxylation sites is 2. The van der Waals surface area contributed by atoms with Gasteiger partial charge in [0, 0.05) is 26.0 Å². The fraction of sp³-hybridized carbons (Fsp3) is 0. The Morgan fingerprint density at radius 2 is 0.554 bits per heavy atom. The second-order valence-electron chi connectivity index (χ2n) is 31.2. The van der Waals surface area contributed by atoms with Crippen LogP contribution >= 0.6 is 34.8 Å². The van der Waals surface area contributed by atoms with Gasteiger partial charge in [0.05, 0.1) is 155 Å². The molecule has 0 spiro atoms. The van der Waals surface area contributed by atoms with Gasteiger partial charge in [-0.15, -0.1) is 0 Å². The molecule has 0 aliphatic heterocycles. The highest BCUT2D eigenvalue weighted by Crippen LogP contribution is 2.32. The molecule has 1 amide bonds. The molecule has 0 aliphatic carbocycles. The Bertz CT molecular complexity index is 9170. The van der Waals surface area contributed by atoms with Gasteiger partial charge >= 0.3 is 5.97 Å². The molecule has 148 heavy (non-hydrogen) atoms. The van der Waals surface area contributed by atoms with Crippen LogP contribution in [0.15, 0.2) is 325 Å². The van der Waals surface area contributed by atoms with Crippen LogP contribution in [0.4, 0.5) is 50.9 Å². The minimum atomic E-state index is -0.993. The van der Waals surface area contributed by atoms with Crippen molar-refractivity contribution in [3.8, 4) is 57.0 Å². The van der Waals surface area contributed by atoms with Crippen LogP contribution in [0.3, 0.4) is 0 Å². The number of nitrogens with one attached hydrogen (secondary N) is 1. The first-order valence-corrected chi connectivity index (χ1v) is 44.7. The van der Waals surface area contributed by atoms with Crippen LogP contribution in [0.25, 0.3) is 145 Å². The van der Waals surface area contributed by atoms with Crippen LogP contribution in [0.2, 0.25) is 15.1 Å². The molecule has 728 valence electrons. The van der Waals surface area contributed by atoms with Crippen LogP contribution in [0, 0.1) is 5.82 Å². The summed E-state index contributed by atoms with van der Waals surface area (Å²) in [7, 11) is 0. The van der Waals surface area contributed by atoms with Gasteiger partial charge < -0.3 is 61.4 Å². The second-order valence-corrected chi connectivity index (χ2v) is 32.5. The van der Waals surface area contributed by atoms with Gasteiger partial charge in [0.25, 0.3) is 0 Å². The maximum Gasteiger partial charge on any atom is 0.335 e. The van der Waals surface area contributed by atoms with E-state index in [4.69, 9.17) is 96.2 Å². The van der Waals surface area contributed by atoms with Crippen molar-refractivity contribution >= 4 is 192 Å². The van der Waals surface area contributed by atoms with E-state index in [1.165, 1.54) is 79.6 Å². The van der Waals surface area contributed by atoms with Crippen molar-refractivity contribution in [2.24, 2.45) is 5.73 Å². The second kappa shape index (κ2) is 42.5. The molecular formula is C97H73Cl3FN43O4. The number of aromatic carboxylic acids is 1. The van der Waals surface area contributed by atoms with Crippen molar-refractivity contribution in [3.63, 3.8) is 0 Å². The molecule has 47 nitrogen and oxygen atoms in total. The Morgan fingerprint density at radius 1 is 0.277 bits per heavy atom. The van der Waals surface area contributed by atoms with Crippen molar-refractivity contribution in [1.29, 1.82) is 0 Å². The molecule has 20 N–H and O–H groups in total. The summed E-state index contributed by atoms with van der Waals surface area (Å²) in [6, 6.07) is 64.7. The smallest absolute Gasteiger partial charge is 0.335 e. The van der Waals surface area contributed by atoms with Gasteiger partial charge in [-0.05, 0) is 164 Å². The number of rotatable bonds is 12. The molecule has 0 unspecified atom stereocenters. The summed E-state index contributed by atoms with van der Waals surface area (Å²) in [4.78, 5) is 86.9. The third kappa shape index (κ3) is 20.7. The largest absolute Gasteiger partial charge is 0.478 e. The minimum absolute atomic E-state index is 0.183. The van der Waals surface area contributed by atoms with Crippen molar-refractivity contribution in [2.75, 3.05) is 45.9 Å². The predicted molar refractivity (Wildman–Crippen MR) is 555 cm³/mol. The molecule has 0 saturated carbocycles. The summed E-state index contributed by atoms with van der Waals surface area (Å²) in [5.74, 6) is 2.96. The van der Waals surface area contributed by atoms with Gasteiger partial charge in [-0.1, -0.05) is 89.4 Å². The van der Waals surface area contributed by atoms with Crippen LogP contribution in [0.5, 0.6) is 11.5 Å². The number of nitrogens with two attached hydrogens (primary N) is 9. The molecular weight excluding hydrogens is 1960 g/mol. The number of fused-ring (bicyclic) bond motifs is 9. The molecule has 0 saturated heterocycles. The maximum atomic E-state index is 12.8. The number of primary amides is 1. The zero-order chi connectivity index (χ0) is 103. The van der Waals surface area contributed by atoms with Gasteiger partial charge in [0.2, 0.25) is 5.91 Å². The molecule has 51 heteroatoms. The van der Waals surface area contributed by atoms with E-state index in [9.17, 15) is 14.0 Å². The van der Waals surface area contributed by atoms with E-state index in [1.807, 2.05) is 121 Å². The summed E-state index contributed by atoms with van der Waals surface area (Å²) < 4.78 is 31.8. The molecule has 9 aromatic carbocycles. The predicted octanol–water partition coefficient (Wildman–Crippen LogP) is 13.7. The standard InChI is InChI=1S/C17H13N5O.C12H9N7.C12H10N6O.C12H9N5O2.C11H7Cl2N5.C11H8ClN5.C11H8FN5.C11H9N5/c18-16-15-10-21-22(17(15)20-11-19-16)12-6-8-14(9-7-12)23-13-4-2-1-3-5-13;13-11-9-5-17-19(12(9)15-6-14-11)8-2-1-7-4-16-18-10(7)3-8;13-10-9-5-17-18(12(9)16-6-15-10)8-3-1-2-7(4-8)11(14)19;13-10-9-5-16-17(11(9)15-6-14-10)8-3-1-2-7(4-8)12(18)19;12-6-1-7(13)3-8(2-6)18-11-9(4-17-18)10(14)15-5-16-11;12-7-2-1-3-8(4-7)17-11-9(5-16-17)10(13)14-6-15-11;12-7-1-3-8(4-2-7)17-11-9(5-16-17)10(13)14-6-15-11;12-10-9-6-15-16(11(9)14-7-13-10)8-4-2-1-3-5-8/h1-11H,(H2,18,19,20);1-6H,(H,16,18)(H2,13,14,15);1-6H,(H2,14,19)(H2,13,15,16);1-6H,(H,18,19)(H2,13,14,15);1-5H,(H2,14,15,16);2*1-6H,(H2,13,14,15);1-7H,(H2,12,13,14). The van der Waals surface area contributed by atoms with Gasteiger partial charge in [0.15, 0.2) is 45.2 Å². The van der Waals surface area contributed by atoms with E-state index in [-0.39, 0.29) is 11.4 Å². The number of carboxylic acids is 1. The van der Waals surface area contributed by atoms with E-state index < -0.39 is 11.9 Å². The van der Waals surface area contributed by atoms with Crippen LogP contribution in [-0.4, -0.2) is 185 Å². The number of aromatic nitrogens is 34. The van der Waals surface area contributed by atoms with Crippen molar-refractivity contribution < 1.29 is 23.8 Å². The lowest BCUT2D eigenvalue weighted by molar-refractivity contribution is 0.0696. The number of carboxylic acid groups (broad SMARTS) is 1. The zero-order valence-electron chi connectivity index (χ0n) is 76.2. The monoisotopic (exact) mass is 2030 g/mol. The average molecular weight is 2030 g/mol. The third-order valence-corrected chi connectivity index (χ3v) is 22.5. The number of nitrogen functional groups attached to an aromatic ring is 8. The molecule has 17 heterocycles. The van der Waals surface area contributed by atoms with E-state index in [0.717, 1.165) is 83.7 Å². The number of benzene rings is 9. The average Bonchev–Trinajstić information content (AvgIpc) is 1.42. The number of H-pyrrole nitrogens is 1. The van der Waals surface area contributed by atoms with Crippen molar-refractivity contribution in [1.82, 2.24) is 168 Å². The first-order chi connectivity index (χ1) is 72.0. The van der Waals surface area contributed by atoms with E-state index in [0.29, 0.717) is 140 Å². The normalized spacial score (nSPS) is 10.9. The van der Waals surface area contributed by atoms with Crippen LogP contribution < -0.4 is 56.3 Å². The fourth-order valence-electron chi connectivity index (χ4n) is 14.7. The minimum Gasteiger partial charge on any atom is -0.478 e. The van der Waals surface area contributed by atoms with Gasteiger partial charge in [-0.3, -0.25) is 9.89 Å². The molecule has 0 atom stereocenters. The molecule has 0 bridgehead atoms. The quantitative estimate of drug-likeness (QED) is 0.0541. The zero-order valence-corrected chi connectivity index (χ0v) is 78.5. The Hall–Kier alpha value is -21.2. The van der Waals surface area contributed by atoms with Crippen LogP contribution in [0.1, 0.15) is 20.7 Å². The van der Waals surface area contributed by atoms with E-state index >= 15 is 0 Å². The number of hydrogen-bond donors (Lipinski definition) is 11. The summed E-state index contributed by atoms with van der Waals surface area (Å²) in [6.45, 7) is 0. The van der Waals surface area contributed by atoms with E-state index in [1.54, 1.807) is 161 Å². The molecule has 26 aromatic rings. The number of halogens is 4. The molecule has 0 aliphatic rings. The summed E-state index contributed by atoms with van der Waals surface area (Å²) in [5, 5.41) is 58.2. The highest BCUT2D eigenvalue weighted by Gasteiger charge is 2.20. The summed E-state index contributed by atoms with van der Waals surface area (Å²) in [6.07, 6.45) is 26.0. The van der Waals surface area contributed by atoms with Crippen molar-refractivity contribution in [2.45, 2.75) is 0 Å². The highest BCUT2D eigenvalue weighted by atomic mass is 35.5. The molecule has 26 rings (SSSR count). The number of amides is 1. The number of anilines is 8. The number of aromatic amines is 1. The SMILES string of the molecule is NC(=O)c1cccc(-n2ncc3c(N)ncnc32)c1.Nc1ncnc2c1cnn2-c1cc(Cl)cc(Cl)c1.Nc1ncnc2c1cnn2-c1ccc(F)cc1.Nc1ncnc2c1cnn2-c1ccc(Oc2ccccc2)cc1.Nc1ncnc2c1cnn2-c1ccc2cn[nH]c2c1.Nc1ncnc2c1cnn2-c1cccc(C(=O)O)c1.Nc1ncnc2c1cnn2-c1cccc(Cl)c1.Nc1ncnc2c1cnn2-c1ccccc1. The van der Waals surface area contributed by atoms with Gasteiger partial charge in [-0.25, -0.2) is 126 Å². The topological polar surface area (TPSA) is 675 Å². The molecule has 0 radical (unpaired) electrons. The summed E-state index contributed by atoms with van der Waals surface area (Å²) >= 11 is 17.9. The van der Waals surface area contributed by atoms with Crippen LogP contribution in [-0.2, 0) is 0 Å². The lowest BCUT2D eigenvalue weighted by atomic mass is 10.2.